The van der Waals surface area contributed by atoms with Gasteiger partial charge in [-0.2, -0.15) is 11.3 Å². The van der Waals surface area contributed by atoms with E-state index in [1.807, 2.05) is 104 Å². The molecule has 0 amide bonds. The van der Waals surface area contributed by atoms with Gasteiger partial charge in [-0.15, -0.1) is 106 Å². The second-order valence-corrected chi connectivity index (χ2v) is 28.0. The van der Waals surface area contributed by atoms with E-state index in [1.165, 1.54) is 117 Å². The van der Waals surface area contributed by atoms with Crippen molar-refractivity contribution in [3.05, 3.63) is 193 Å². The highest BCUT2D eigenvalue weighted by Crippen LogP contribution is 2.52. The van der Waals surface area contributed by atoms with E-state index in [4.69, 9.17) is 39.5 Å². The van der Waals surface area contributed by atoms with Crippen molar-refractivity contribution in [1.82, 2.24) is 0 Å². The van der Waals surface area contributed by atoms with Gasteiger partial charge in [0, 0.05) is 85.4 Å². The number of fused-ring (bicyclic) bond motifs is 4. The van der Waals surface area contributed by atoms with E-state index < -0.39 is 0 Å². The molecule has 11 rings (SSSR count). The van der Waals surface area contributed by atoms with E-state index >= 15 is 0 Å². The molecule has 9 aromatic rings. The summed E-state index contributed by atoms with van der Waals surface area (Å²) in [4.78, 5) is 31.3. The number of unbranched alkanes of at least 4 members (excludes halogenated alkanes) is 8. The van der Waals surface area contributed by atoms with Gasteiger partial charge in [-0.05, 0) is 189 Å². The summed E-state index contributed by atoms with van der Waals surface area (Å²) < 4.78 is 7.62. The predicted molar refractivity (Wildman–Crippen MR) is 364 cm³/mol. The number of thiophene rings is 8. The molecule has 1 aliphatic heterocycles. The Bertz CT molecular complexity index is 2990. The number of aryl methyl sites for hydroxylation is 3. The van der Waals surface area contributed by atoms with Crippen LogP contribution in [0.1, 0.15) is 135 Å². The summed E-state index contributed by atoms with van der Waals surface area (Å²) >= 11 is 36.3. The molecule has 1 aliphatic carbocycles. The summed E-state index contributed by atoms with van der Waals surface area (Å²) in [6.07, 6.45) is 27.6. The summed E-state index contributed by atoms with van der Waals surface area (Å²) in [5, 5.41) is 20.6. The van der Waals surface area contributed by atoms with Gasteiger partial charge in [0.1, 0.15) is 0 Å². The minimum absolute atomic E-state index is 0.00847. The molecule has 0 unspecified atom stereocenters. The summed E-state index contributed by atoms with van der Waals surface area (Å²) in [6.45, 7) is 17.0. The van der Waals surface area contributed by atoms with Gasteiger partial charge in [0.25, 0.3) is 0 Å². The van der Waals surface area contributed by atoms with Crippen LogP contribution >= 0.6 is 141 Å². The van der Waals surface area contributed by atoms with E-state index in [2.05, 4.69) is 77.3 Å². The summed E-state index contributed by atoms with van der Waals surface area (Å²) in [6, 6.07) is 18.4. The topological polar surface area (TPSA) is 43.4 Å². The first-order chi connectivity index (χ1) is 38.7. The standard InChI is InChI=1S/C30H28Cl2S4.C10H13ClS.C10H4O2S2.C6H11Br.C4H8O.C4H4S/c1-3-5-7-9-11-23-21(31)17-25(35-23)27-19-13-15-34-30(19)28(20-14-16-33-29(20)27)26-18-22(32)24(36-26)12-10-8-6-4-2;1-2-3-4-5-6-10-9(11)7-8-12-10;11-7-5-1-3-13-9(5)8(12)6-2-4-14-10(6)7;1-2-3-4-5-6-7;2*1-2-4-5-3-1/h3-4,13-18H,1-2,5-12H2;2,7-8H,1,3-6H2;1-4H;2H,1,3-6H2;1-4H2;1-4H. The minimum Gasteiger partial charge on any atom is -0.381 e. The van der Waals surface area contributed by atoms with Gasteiger partial charge in [0.2, 0.25) is 11.6 Å². The number of hydrogen-bond acceptors (Lipinski definition) is 11. The molecule has 2 aliphatic rings. The van der Waals surface area contributed by atoms with Crippen molar-refractivity contribution in [2.24, 2.45) is 0 Å². The lowest BCUT2D eigenvalue weighted by atomic mass is 9.96. The molecule has 1 aromatic carbocycles. The van der Waals surface area contributed by atoms with Crippen molar-refractivity contribution >= 4 is 173 Å². The molecule has 0 bridgehead atoms. The van der Waals surface area contributed by atoms with Crippen LogP contribution in [0.2, 0.25) is 15.1 Å². The average molecular weight is 1330 g/mol. The number of hydrogen-bond donors (Lipinski definition) is 0. The number of alkyl halides is 1. The lowest BCUT2D eigenvalue weighted by Gasteiger charge is -2.09. The molecule has 0 atom stereocenters. The highest BCUT2D eigenvalue weighted by Gasteiger charge is 2.31. The maximum atomic E-state index is 11.8. The summed E-state index contributed by atoms with van der Waals surface area (Å²) in [5.41, 5.74) is 3.79. The van der Waals surface area contributed by atoms with Gasteiger partial charge in [-0.3, -0.25) is 9.59 Å². The van der Waals surface area contributed by atoms with Crippen LogP contribution in [0.15, 0.2) is 143 Å². The Morgan fingerprint density at radius 1 is 0.494 bits per heavy atom. The van der Waals surface area contributed by atoms with E-state index in [-0.39, 0.29) is 11.6 Å². The zero-order valence-electron chi connectivity index (χ0n) is 44.5. The average Bonchev–Trinajstić information content (AvgIpc) is 4.46. The highest BCUT2D eigenvalue weighted by atomic mass is 79.9. The fourth-order valence-electron chi connectivity index (χ4n) is 8.45. The van der Waals surface area contributed by atoms with Crippen LogP contribution in [0.25, 0.3) is 41.1 Å². The largest absolute Gasteiger partial charge is 0.381 e. The Morgan fingerprint density at radius 2 is 0.911 bits per heavy atom. The van der Waals surface area contributed by atoms with Crippen LogP contribution in [0.4, 0.5) is 0 Å². The first-order valence-corrected chi connectivity index (χ1v) is 35.9. The molecule has 0 spiro atoms. The number of benzene rings is 1. The molecule has 0 radical (unpaired) electrons. The van der Waals surface area contributed by atoms with E-state index in [9.17, 15) is 9.59 Å². The smallest absolute Gasteiger partial charge is 0.205 e. The number of ether oxygens (including phenoxy) is 1. The van der Waals surface area contributed by atoms with Gasteiger partial charge >= 0.3 is 0 Å². The van der Waals surface area contributed by atoms with Crippen molar-refractivity contribution in [1.29, 1.82) is 0 Å². The molecule has 3 nitrogen and oxygen atoms in total. The third-order valence-electron chi connectivity index (χ3n) is 12.5. The first-order valence-electron chi connectivity index (χ1n) is 26.6. The Hall–Kier alpha value is -3.05. The number of rotatable bonds is 21. The zero-order valence-corrected chi connectivity index (χ0v) is 54.9. The van der Waals surface area contributed by atoms with Crippen molar-refractivity contribution in [2.45, 2.75) is 109 Å². The molecule has 418 valence electrons. The molecule has 9 heterocycles. The van der Waals surface area contributed by atoms with Crippen LogP contribution < -0.4 is 0 Å². The van der Waals surface area contributed by atoms with Crippen LogP contribution in [-0.2, 0) is 24.0 Å². The molecular formula is C64H68BrCl3O3S8. The van der Waals surface area contributed by atoms with Crippen LogP contribution in [0, 0.1) is 0 Å². The maximum Gasteiger partial charge on any atom is 0.205 e. The van der Waals surface area contributed by atoms with Crippen LogP contribution in [0.5, 0.6) is 0 Å². The monoisotopic (exact) mass is 1320 g/mol. The predicted octanol–water partition coefficient (Wildman–Crippen LogP) is 24.8. The Morgan fingerprint density at radius 3 is 1.28 bits per heavy atom. The molecule has 15 heteroatoms. The van der Waals surface area contributed by atoms with Crippen LogP contribution in [0.3, 0.4) is 0 Å². The summed E-state index contributed by atoms with van der Waals surface area (Å²) in [5.74, 6) is -0.0169. The number of carbonyl (C=O) groups excluding carboxylic acids is 2. The van der Waals surface area contributed by atoms with Crippen molar-refractivity contribution in [3.8, 4) is 20.9 Å². The fourth-order valence-corrected chi connectivity index (χ4v) is 17.3. The highest BCUT2D eigenvalue weighted by molar-refractivity contribution is 9.09. The van der Waals surface area contributed by atoms with Gasteiger partial charge in [-0.1, -0.05) is 87.2 Å². The van der Waals surface area contributed by atoms with Gasteiger partial charge in [-0.25, -0.2) is 0 Å². The SMILES string of the molecule is C1CCOC1.C=CCCCCBr.C=CCCCCc1sc(-c2c3ccsc3c(-c3cc(Cl)c(CCCCC=C)s3)c3ccsc23)cc1Cl.C=CCCCCc1sccc1Cl.O=C1c2ccsc2C(=O)c2ccsc21.c1ccsc1. The lowest BCUT2D eigenvalue weighted by molar-refractivity contribution is 0.0986. The molecule has 0 saturated carbocycles. The minimum atomic E-state index is -0.00847. The Balaban J connectivity index is 0.000000189. The summed E-state index contributed by atoms with van der Waals surface area (Å²) in [7, 11) is 0. The van der Waals surface area contributed by atoms with Crippen molar-refractivity contribution < 1.29 is 14.3 Å². The van der Waals surface area contributed by atoms with Gasteiger partial charge in [0.05, 0.1) is 24.8 Å². The zero-order chi connectivity index (χ0) is 56.2. The van der Waals surface area contributed by atoms with Gasteiger partial charge < -0.3 is 4.74 Å². The Kier molecular flexibility index (Phi) is 30.1. The van der Waals surface area contributed by atoms with Gasteiger partial charge in [0.15, 0.2) is 0 Å². The normalized spacial score (nSPS) is 12.1. The molecule has 8 aromatic heterocycles. The number of allylic oxidation sites excluding steroid dienone is 4. The third kappa shape index (κ3) is 19.5. The lowest BCUT2D eigenvalue weighted by Crippen LogP contribution is -2.15. The molecule has 1 fully saturated rings. The quantitative estimate of drug-likeness (QED) is 0.0409. The molecule has 1 saturated heterocycles. The van der Waals surface area contributed by atoms with E-state index in [0.717, 1.165) is 104 Å². The third-order valence-corrected chi connectivity index (χ3v) is 22.1. The molecule has 0 N–H and O–H groups in total. The number of carbonyl (C=O) groups is 2. The molecule has 79 heavy (non-hydrogen) atoms. The fraction of sp³-hybridized carbons (Fsp3) is 0.312. The first kappa shape index (κ1) is 65.1. The number of ketones is 2. The van der Waals surface area contributed by atoms with Crippen LogP contribution in [-0.4, -0.2) is 30.1 Å². The number of halogens is 4. The second kappa shape index (κ2) is 36.5. The van der Waals surface area contributed by atoms with E-state index in [1.54, 1.807) is 45.6 Å². The Labute approximate surface area is 524 Å². The maximum absolute atomic E-state index is 11.8. The van der Waals surface area contributed by atoms with E-state index in [0.29, 0.717) is 20.9 Å². The van der Waals surface area contributed by atoms with Crippen molar-refractivity contribution in [3.63, 3.8) is 0 Å². The molecular weight excluding hydrogens is 1260 g/mol. The van der Waals surface area contributed by atoms with Crippen molar-refractivity contribution in [2.75, 3.05) is 18.5 Å². The second-order valence-electron chi connectivity index (χ2n) is 18.2.